The molecule has 0 heterocycles. The lowest BCUT2D eigenvalue weighted by atomic mass is 10.0. The van der Waals surface area contributed by atoms with Crippen LogP contribution < -0.4 is 4.74 Å². The molecule has 0 unspecified atom stereocenters. The van der Waals surface area contributed by atoms with Crippen LogP contribution in [0, 0.1) is 6.07 Å². The molecule has 1 radical (unpaired) electrons. The minimum Gasteiger partial charge on any atom is -0.496 e. The van der Waals surface area contributed by atoms with Gasteiger partial charge in [-0.1, -0.05) is 36.4 Å². The van der Waals surface area contributed by atoms with Crippen LogP contribution in [0.4, 0.5) is 0 Å². The first-order chi connectivity index (χ1) is 7.88. The van der Waals surface area contributed by atoms with Crippen molar-refractivity contribution in [2.24, 2.45) is 0 Å². The van der Waals surface area contributed by atoms with E-state index in [0.29, 0.717) is 0 Å². The molecule has 0 aromatic heterocycles. The van der Waals surface area contributed by atoms with Crippen molar-refractivity contribution < 1.29 is 4.74 Å². The third-order valence-corrected chi connectivity index (χ3v) is 2.81. The maximum Gasteiger partial charge on any atom is 0.127 e. The third-order valence-electron chi connectivity index (χ3n) is 2.81. The molecule has 0 spiro atoms. The average Bonchev–Trinajstić information content (AvgIpc) is 2.35. The molecule has 0 atom stereocenters. The van der Waals surface area contributed by atoms with Gasteiger partial charge in [0, 0.05) is 11.5 Å². The molecule has 0 aliphatic rings. The van der Waals surface area contributed by atoms with Gasteiger partial charge in [-0.3, -0.25) is 0 Å². The average molecular weight is 207 g/mol. The van der Waals surface area contributed by atoms with Crippen LogP contribution in [0.25, 0.3) is 21.5 Å². The van der Waals surface area contributed by atoms with E-state index in [4.69, 9.17) is 4.74 Å². The quantitative estimate of drug-likeness (QED) is 0.551. The Hall–Kier alpha value is -2.02. The minimum atomic E-state index is 0.878. The number of rotatable bonds is 1. The Bertz CT molecular complexity index is 656. The molecule has 77 valence electrons. The van der Waals surface area contributed by atoms with Gasteiger partial charge in [0.2, 0.25) is 0 Å². The van der Waals surface area contributed by atoms with Gasteiger partial charge in [-0.15, -0.1) is 0 Å². The van der Waals surface area contributed by atoms with Crippen molar-refractivity contribution in [2.45, 2.75) is 0 Å². The van der Waals surface area contributed by atoms with Gasteiger partial charge in [0.1, 0.15) is 5.75 Å². The van der Waals surface area contributed by atoms with E-state index in [9.17, 15) is 0 Å². The monoisotopic (exact) mass is 207 g/mol. The van der Waals surface area contributed by atoms with Crippen LogP contribution in [0.1, 0.15) is 0 Å². The summed E-state index contributed by atoms with van der Waals surface area (Å²) in [5.74, 6) is 0.878. The van der Waals surface area contributed by atoms with Gasteiger partial charge in [0.05, 0.1) is 7.11 Å². The maximum atomic E-state index is 5.35. The summed E-state index contributed by atoms with van der Waals surface area (Å²) in [6.07, 6.45) is 0. The second kappa shape index (κ2) is 3.53. The molecule has 1 heteroatoms. The van der Waals surface area contributed by atoms with E-state index in [1.54, 1.807) is 7.11 Å². The van der Waals surface area contributed by atoms with Crippen molar-refractivity contribution in [3.63, 3.8) is 0 Å². The van der Waals surface area contributed by atoms with E-state index in [2.05, 4.69) is 30.3 Å². The predicted molar refractivity (Wildman–Crippen MR) is 66.8 cm³/mol. The lowest BCUT2D eigenvalue weighted by Gasteiger charge is -2.06. The van der Waals surface area contributed by atoms with Gasteiger partial charge >= 0.3 is 0 Å². The van der Waals surface area contributed by atoms with Crippen LogP contribution in [0.15, 0.2) is 48.5 Å². The Kier molecular flexibility index (Phi) is 2.03. The Balaban J connectivity index is 2.46. The molecule has 0 saturated heterocycles. The van der Waals surface area contributed by atoms with Crippen LogP contribution in [0.5, 0.6) is 5.75 Å². The molecule has 3 aromatic rings. The molecule has 0 amide bonds. The predicted octanol–water partition coefficient (Wildman–Crippen LogP) is 3.80. The van der Waals surface area contributed by atoms with Crippen molar-refractivity contribution in [3.05, 3.63) is 54.6 Å². The molecule has 0 bridgehead atoms. The van der Waals surface area contributed by atoms with E-state index < -0.39 is 0 Å². The second-order valence-corrected chi connectivity index (χ2v) is 3.78. The Labute approximate surface area is 94.3 Å². The molecular formula is C15H11O. The molecule has 3 aromatic carbocycles. The number of methoxy groups -OCH3 is 1. The summed E-state index contributed by atoms with van der Waals surface area (Å²) < 4.78 is 5.35. The number of benzene rings is 3. The summed E-state index contributed by atoms with van der Waals surface area (Å²) in [6.45, 7) is 0. The zero-order chi connectivity index (χ0) is 11.0. The minimum absolute atomic E-state index is 0.878. The lowest BCUT2D eigenvalue weighted by molar-refractivity contribution is 0.420. The van der Waals surface area contributed by atoms with E-state index in [1.807, 2.05) is 24.3 Å². The standard InChI is InChI=1S/C15H11O/c1-16-15-8-4-7-13-9-11-5-2-3-6-12(11)10-14(13)15/h2-9H,1H3. The fraction of sp³-hybridized carbons (Fsp3) is 0.0667. The molecule has 1 nitrogen and oxygen atoms in total. The van der Waals surface area contributed by atoms with Gasteiger partial charge in [-0.25, -0.2) is 0 Å². The molecule has 3 rings (SSSR count). The van der Waals surface area contributed by atoms with Gasteiger partial charge < -0.3 is 4.74 Å². The molecule has 0 saturated carbocycles. The summed E-state index contributed by atoms with van der Waals surface area (Å²) in [5.41, 5.74) is 0. The number of hydrogen-bond donors (Lipinski definition) is 0. The Morgan fingerprint density at radius 3 is 2.62 bits per heavy atom. The van der Waals surface area contributed by atoms with Gasteiger partial charge in [0.25, 0.3) is 0 Å². The molecule has 0 fully saturated rings. The van der Waals surface area contributed by atoms with Crippen LogP contribution in [0.3, 0.4) is 0 Å². The number of ether oxygens (including phenoxy) is 1. The third kappa shape index (κ3) is 1.33. The lowest BCUT2D eigenvalue weighted by Crippen LogP contribution is -1.85. The molecule has 0 aliphatic heterocycles. The molecule has 0 aliphatic carbocycles. The van der Waals surface area contributed by atoms with E-state index in [-0.39, 0.29) is 0 Å². The van der Waals surface area contributed by atoms with Crippen LogP contribution in [-0.2, 0) is 0 Å². The van der Waals surface area contributed by atoms with Crippen molar-refractivity contribution in [1.29, 1.82) is 0 Å². The maximum absolute atomic E-state index is 5.35. The van der Waals surface area contributed by atoms with Crippen LogP contribution in [0.2, 0.25) is 0 Å². The van der Waals surface area contributed by atoms with E-state index in [1.165, 1.54) is 5.39 Å². The Morgan fingerprint density at radius 2 is 1.75 bits per heavy atom. The topological polar surface area (TPSA) is 9.23 Å². The Morgan fingerprint density at radius 1 is 0.938 bits per heavy atom. The second-order valence-electron chi connectivity index (χ2n) is 3.78. The molecular weight excluding hydrogens is 196 g/mol. The molecule has 16 heavy (non-hydrogen) atoms. The van der Waals surface area contributed by atoms with Gasteiger partial charge in [-0.05, 0) is 28.3 Å². The number of fused-ring (bicyclic) bond motifs is 2. The summed E-state index contributed by atoms with van der Waals surface area (Å²) in [5, 5.41) is 4.55. The highest BCUT2D eigenvalue weighted by atomic mass is 16.5. The highest BCUT2D eigenvalue weighted by molar-refractivity contribution is 6.00. The van der Waals surface area contributed by atoms with E-state index in [0.717, 1.165) is 21.9 Å². The highest BCUT2D eigenvalue weighted by Crippen LogP contribution is 2.28. The summed E-state index contributed by atoms with van der Waals surface area (Å²) in [6, 6.07) is 19.9. The van der Waals surface area contributed by atoms with Crippen molar-refractivity contribution in [1.82, 2.24) is 0 Å². The number of hydrogen-bond acceptors (Lipinski definition) is 1. The summed E-state index contributed by atoms with van der Waals surface area (Å²) in [7, 11) is 1.69. The first-order valence-corrected chi connectivity index (χ1v) is 5.26. The van der Waals surface area contributed by atoms with Crippen molar-refractivity contribution >= 4 is 21.5 Å². The zero-order valence-corrected chi connectivity index (χ0v) is 9.03. The molecule has 0 N–H and O–H groups in total. The highest BCUT2D eigenvalue weighted by Gasteiger charge is 2.02. The van der Waals surface area contributed by atoms with Crippen molar-refractivity contribution in [3.8, 4) is 5.75 Å². The normalized spacial score (nSPS) is 10.8. The van der Waals surface area contributed by atoms with Gasteiger partial charge in [0.15, 0.2) is 0 Å². The fourth-order valence-corrected chi connectivity index (χ4v) is 2.01. The van der Waals surface area contributed by atoms with Crippen LogP contribution in [-0.4, -0.2) is 7.11 Å². The SMILES string of the molecule is COc1cccc2cc3ccccc3[c]c12. The smallest absolute Gasteiger partial charge is 0.127 e. The summed E-state index contributed by atoms with van der Waals surface area (Å²) >= 11 is 0. The first-order valence-electron chi connectivity index (χ1n) is 5.26. The summed E-state index contributed by atoms with van der Waals surface area (Å²) in [4.78, 5) is 0. The first kappa shape index (κ1) is 9.22. The van der Waals surface area contributed by atoms with Crippen molar-refractivity contribution in [2.75, 3.05) is 7.11 Å². The zero-order valence-electron chi connectivity index (χ0n) is 9.03. The van der Waals surface area contributed by atoms with Crippen LogP contribution >= 0.6 is 0 Å². The fourth-order valence-electron chi connectivity index (χ4n) is 2.01. The van der Waals surface area contributed by atoms with E-state index >= 15 is 0 Å². The largest absolute Gasteiger partial charge is 0.496 e. The van der Waals surface area contributed by atoms with Gasteiger partial charge in [-0.2, -0.15) is 0 Å².